The van der Waals surface area contributed by atoms with E-state index in [2.05, 4.69) is 43.9 Å². The molecule has 4 atom stereocenters. The Hall–Kier alpha value is -0.460. The van der Waals surface area contributed by atoms with E-state index in [1.54, 1.807) is 5.57 Å². The van der Waals surface area contributed by atoms with Gasteiger partial charge >= 0.3 is 0 Å². The van der Waals surface area contributed by atoms with E-state index in [0.29, 0.717) is 11.8 Å². The molecule has 0 aromatic carbocycles. The minimum atomic E-state index is 0.0367. The predicted octanol–water partition coefficient (Wildman–Crippen LogP) is 4.89. The van der Waals surface area contributed by atoms with Gasteiger partial charge in [-0.2, -0.15) is 0 Å². The lowest BCUT2D eigenvalue weighted by Crippen LogP contribution is -2.47. The normalized spacial score (nSPS) is 39.8. The number of hydrogen-bond acceptors (Lipinski definition) is 2. The van der Waals surface area contributed by atoms with Crippen molar-refractivity contribution in [1.82, 2.24) is 0 Å². The smallest absolute Gasteiger partial charge is 0.0716 e. The van der Waals surface area contributed by atoms with Crippen LogP contribution in [0.2, 0.25) is 0 Å². The average Bonchev–Trinajstić information content (AvgIpc) is 2.28. The van der Waals surface area contributed by atoms with Crippen molar-refractivity contribution in [3.05, 3.63) is 11.6 Å². The van der Waals surface area contributed by atoms with Crippen molar-refractivity contribution in [2.24, 2.45) is 28.7 Å². The van der Waals surface area contributed by atoms with Crippen molar-refractivity contribution in [3.63, 3.8) is 0 Å². The average molecular weight is 263 g/mol. The number of aliphatic imine (C=N–C) groups is 1. The summed E-state index contributed by atoms with van der Waals surface area (Å²) < 4.78 is 0. The highest BCUT2D eigenvalue weighted by molar-refractivity contribution is 7.78. The van der Waals surface area contributed by atoms with Gasteiger partial charge in [-0.3, -0.25) is 0 Å². The number of allylic oxidation sites excluding steroid dienone is 2. The highest BCUT2D eigenvalue weighted by atomic mass is 32.1. The minimum Gasteiger partial charge on any atom is -0.226 e. The van der Waals surface area contributed by atoms with Gasteiger partial charge in [-0.05, 0) is 75.4 Å². The van der Waals surface area contributed by atoms with Crippen LogP contribution in [0.15, 0.2) is 16.6 Å². The molecule has 0 heterocycles. The molecule has 0 aliphatic heterocycles. The lowest BCUT2D eigenvalue weighted by molar-refractivity contribution is 0.0685. The molecule has 0 aromatic rings. The Kier molecular flexibility index (Phi) is 4.08. The van der Waals surface area contributed by atoms with E-state index in [1.165, 1.54) is 25.7 Å². The van der Waals surface area contributed by atoms with Gasteiger partial charge in [-0.1, -0.05) is 25.5 Å². The fourth-order valence-corrected chi connectivity index (χ4v) is 4.32. The first kappa shape index (κ1) is 14.0. The van der Waals surface area contributed by atoms with Gasteiger partial charge in [0.25, 0.3) is 0 Å². The Balaban J connectivity index is 2.34. The van der Waals surface area contributed by atoms with Crippen molar-refractivity contribution in [1.29, 1.82) is 0 Å². The van der Waals surface area contributed by atoms with Gasteiger partial charge < -0.3 is 0 Å². The van der Waals surface area contributed by atoms with Crippen molar-refractivity contribution in [2.75, 3.05) is 0 Å². The van der Waals surface area contributed by atoms with Gasteiger partial charge in [0.05, 0.1) is 10.7 Å². The number of isothiocyanates is 1. The minimum absolute atomic E-state index is 0.0367. The second-order valence-corrected chi connectivity index (χ2v) is 6.92. The quantitative estimate of drug-likeness (QED) is 0.393. The molecule has 1 nitrogen and oxygen atoms in total. The standard InChI is InChI=1S/C16H25NS/c1-11(2)13-7-8-16(4,17-10-18)15-6-5-12(3)9-14(13)15/h9,11,13-15H,5-8H2,1-4H3/t13-,14+,15+,16-/m0/s1. The Morgan fingerprint density at radius 3 is 2.78 bits per heavy atom. The zero-order valence-corrected chi connectivity index (χ0v) is 12.9. The maximum atomic E-state index is 4.87. The zero-order valence-electron chi connectivity index (χ0n) is 12.1. The molecular weight excluding hydrogens is 238 g/mol. The van der Waals surface area contributed by atoms with E-state index in [4.69, 9.17) is 12.2 Å². The van der Waals surface area contributed by atoms with Crippen LogP contribution in [0.4, 0.5) is 0 Å². The van der Waals surface area contributed by atoms with Crippen molar-refractivity contribution in [3.8, 4) is 0 Å². The summed E-state index contributed by atoms with van der Waals surface area (Å²) >= 11 is 4.87. The number of rotatable bonds is 2. The maximum absolute atomic E-state index is 4.87. The third-order valence-electron chi connectivity index (χ3n) is 5.23. The molecule has 2 heteroatoms. The summed E-state index contributed by atoms with van der Waals surface area (Å²) in [5, 5.41) is 2.65. The zero-order chi connectivity index (χ0) is 13.3. The van der Waals surface area contributed by atoms with Gasteiger partial charge in [0, 0.05) is 0 Å². The molecule has 0 bridgehead atoms. The molecule has 1 fully saturated rings. The largest absolute Gasteiger partial charge is 0.226 e. The van der Waals surface area contributed by atoms with Crippen LogP contribution >= 0.6 is 12.2 Å². The van der Waals surface area contributed by atoms with E-state index in [1.807, 2.05) is 0 Å². The van der Waals surface area contributed by atoms with E-state index in [9.17, 15) is 0 Å². The monoisotopic (exact) mass is 263 g/mol. The molecule has 0 spiro atoms. The number of fused-ring (bicyclic) bond motifs is 1. The lowest BCUT2D eigenvalue weighted by atomic mass is 9.57. The molecule has 1 saturated carbocycles. The molecular formula is C16H25NS. The molecule has 100 valence electrons. The number of thiocarbonyl (C=S) groups is 1. The summed E-state index contributed by atoms with van der Waals surface area (Å²) in [5.74, 6) is 2.95. The highest BCUT2D eigenvalue weighted by Crippen LogP contribution is 2.51. The van der Waals surface area contributed by atoms with E-state index < -0.39 is 0 Å². The summed E-state index contributed by atoms with van der Waals surface area (Å²) in [6, 6.07) is 0. The summed E-state index contributed by atoms with van der Waals surface area (Å²) in [5.41, 5.74) is 1.60. The van der Waals surface area contributed by atoms with Crippen LogP contribution in [0.5, 0.6) is 0 Å². The fraction of sp³-hybridized carbons (Fsp3) is 0.812. The van der Waals surface area contributed by atoms with Crippen LogP contribution in [-0.2, 0) is 0 Å². The first-order chi connectivity index (χ1) is 8.48. The summed E-state index contributed by atoms with van der Waals surface area (Å²) in [6.45, 7) is 9.30. The van der Waals surface area contributed by atoms with Crippen LogP contribution in [-0.4, -0.2) is 10.7 Å². The first-order valence-corrected chi connectivity index (χ1v) is 7.65. The van der Waals surface area contributed by atoms with Crippen LogP contribution in [0.3, 0.4) is 0 Å². The topological polar surface area (TPSA) is 12.4 Å². The van der Waals surface area contributed by atoms with Crippen LogP contribution in [0.25, 0.3) is 0 Å². The second kappa shape index (κ2) is 5.27. The summed E-state index contributed by atoms with van der Waals surface area (Å²) in [6.07, 6.45) is 7.49. The maximum Gasteiger partial charge on any atom is 0.0716 e. The summed E-state index contributed by atoms with van der Waals surface area (Å²) in [7, 11) is 0. The Bertz CT molecular complexity index is 392. The van der Waals surface area contributed by atoms with E-state index >= 15 is 0 Å². The Morgan fingerprint density at radius 2 is 2.17 bits per heavy atom. The first-order valence-electron chi connectivity index (χ1n) is 7.24. The third-order valence-corrected chi connectivity index (χ3v) is 5.32. The van der Waals surface area contributed by atoms with Crippen LogP contribution < -0.4 is 0 Å². The molecule has 2 rings (SSSR count). The third kappa shape index (κ3) is 2.46. The number of hydrogen-bond donors (Lipinski definition) is 0. The molecule has 0 saturated heterocycles. The molecule has 2 aliphatic rings. The molecule has 0 N–H and O–H groups in total. The summed E-state index contributed by atoms with van der Waals surface area (Å²) in [4.78, 5) is 4.55. The molecule has 0 amide bonds. The molecule has 18 heavy (non-hydrogen) atoms. The predicted molar refractivity (Wildman–Crippen MR) is 81.0 cm³/mol. The van der Waals surface area contributed by atoms with Crippen molar-refractivity contribution in [2.45, 2.75) is 58.9 Å². The van der Waals surface area contributed by atoms with E-state index in [0.717, 1.165) is 11.8 Å². The fourth-order valence-electron chi connectivity index (χ4n) is 4.11. The highest BCUT2D eigenvalue weighted by Gasteiger charge is 2.47. The van der Waals surface area contributed by atoms with Crippen LogP contribution in [0.1, 0.15) is 53.4 Å². The van der Waals surface area contributed by atoms with Gasteiger partial charge in [0.2, 0.25) is 0 Å². The molecule has 2 aliphatic carbocycles. The van der Waals surface area contributed by atoms with E-state index in [-0.39, 0.29) is 5.54 Å². The Labute approximate surface area is 117 Å². The van der Waals surface area contributed by atoms with Gasteiger partial charge in [0.15, 0.2) is 0 Å². The molecule has 0 aromatic heterocycles. The second-order valence-electron chi connectivity index (χ2n) is 6.74. The van der Waals surface area contributed by atoms with Crippen LogP contribution in [0, 0.1) is 23.7 Å². The molecule has 0 unspecified atom stereocenters. The molecule has 0 radical (unpaired) electrons. The van der Waals surface area contributed by atoms with Gasteiger partial charge in [-0.15, -0.1) is 0 Å². The van der Waals surface area contributed by atoms with Gasteiger partial charge in [-0.25, -0.2) is 4.99 Å². The lowest BCUT2D eigenvalue weighted by Gasteiger charge is -2.49. The Morgan fingerprint density at radius 1 is 1.44 bits per heavy atom. The number of nitrogens with zero attached hydrogens (tertiary/aromatic N) is 1. The van der Waals surface area contributed by atoms with Crippen molar-refractivity contribution < 1.29 is 0 Å². The van der Waals surface area contributed by atoms with Gasteiger partial charge in [0.1, 0.15) is 0 Å². The SMILES string of the molecule is CC1=C[C@H]2[C@@H](CC1)[C@@](C)(N=C=S)CC[C@H]2C(C)C. The van der Waals surface area contributed by atoms with Crippen molar-refractivity contribution >= 4 is 17.4 Å².